The second-order valence-corrected chi connectivity index (χ2v) is 10.0. The van der Waals surface area contributed by atoms with E-state index < -0.39 is 12.0 Å². The lowest BCUT2D eigenvalue weighted by atomic mass is 9.68. The van der Waals surface area contributed by atoms with Gasteiger partial charge < -0.3 is 4.42 Å². The van der Waals surface area contributed by atoms with E-state index in [0.717, 1.165) is 11.3 Å². The van der Waals surface area contributed by atoms with Crippen LogP contribution in [0.3, 0.4) is 0 Å². The number of rotatable bonds is 3. The zero-order chi connectivity index (χ0) is 23.2. The largest absolute Gasteiger partial charge is 0.467 e. The van der Waals surface area contributed by atoms with Gasteiger partial charge in [0.15, 0.2) is 0 Å². The summed E-state index contributed by atoms with van der Waals surface area (Å²) in [6.07, 6.45) is 2.88. The fraction of sp³-hybridized carbons (Fsp3) is 0.296. The summed E-state index contributed by atoms with van der Waals surface area (Å²) in [7, 11) is 0. The van der Waals surface area contributed by atoms with Crippen molar-refractivity contribution in [3.05, 3.63) is 83.3 Å². The van der Waals surface area contributed by atoms with E-state index >= 15 is 0 Å². The standard InChI is InChI=1S/C27H25ClN2O3/c1-27(2)15-20-25(22(31)16-27)26(23-8-5-13-33-23)30(21-7-4-3-6-19(21)29-20)24(32)14-17-9-11-18(28)12-10-17/h3-13,25-26H,14-16H2,1-2H3. The number of hydrogen-bond acceptors (Lipinski definition) is 4. The summed E-state index contributed by atoms with van der Waals surface area (Å²) >= 11 is 6.03. The van der Waals surface area contributed by atoms with Gasteiger partial charge in [-0.2, -0.15) is 0 Å². The number of para-hydroxylation sites is 2. The highest BCUT2D eigenvalue weighted by molar-refractivity contribution is 6.30. The first-order valence-corrected chi connectivity index (χ1v) is 11.5. The molecule has 0 N–H and O–H groups in total. The first-order chi connectivity index (χ1) is 15.8. The van der Waals surface area contributed by atoms with Crippen molar-refractivity contribution in [3.8, 4) is 0 Å². The number of ketones is 1. The molecule has 1 aromatic heterocycles. The summed E-state index contributed by atoms with van der Waals surface area (Å²) < 4.78 is 5.82. The van der Waals surface area contributed by atoms with Gasteiger partial charge in [0.2, 0.25) is 5.91 Å². The zero-order valence-electron chi connectivity index (χ0n) is 18.6. The molecule has 33 heavy (non-hydrogen) atoms. The summed E-state index contributed by atoms with van der Waals surface area (Å²) in [5, 5.41) is 0.619. The normalized spacial score (nSPS) is 21.6. The van der Waals surface area contributed by atoms with Crippen LogP contribution in [0, 0.1) is 11.3 Å². The van der Waals surface area contributed by atoms with Crippen molar-refractivity contribution in [1.82, 2.24) is 0 Å². The Hall–Kier alpha value is -3.18. The minimum atomic E-state index is -0.592. The molecule has 5 nitrogen and oxygen atoms in total. The first-order valence-electron chi connectivity index (χ1n) is 11.1. The van der Waals surface area contributed by atoms with Gasteiger partial charge in [0.1, 0.15) is 17.6 Å². The number of amides is 1. The lowest BCUT2D eigenvalue weighted by Crippen LogP contribution is -2.47. The molecule has 168 valence electrons. The van der Waals surface area contributed by atoms with Crippen LogP contribution < -0.4 is 4.90 Å². The van der Waals surface area contributed by atoms with Crippen molar-refractivity contribution in [2.24, 2.45) is 16.3 Å². The van der Waals surface area contributed by atoms with Crippen LogP contribution in [-0.2, 0) is 16.0 Å². The highest BCUT2D eigenvalue weighted by atomic mass is 35.5. The molecule has 0 spiro atoms. The molecule has 2 aliphatic rings. The average molecular weight is 461 g/mol. The smallest absolute Gasteiger partial charge is 0.232 e. The molecule has 2 unspecified atom stereocenters. The number of nitrogens with zero attached hydrogens (tertiary/aromatic N) is 2. The van der Waals surface area contributed by atoms with Gasteiger partial charge in [0.05, 0.1) is 30.0 Å². The number of benzene rings is 2. The number of furan rings is 1. The predicted molar refractivity (Wildman–Crippen MR) is 129 cm³/mol. The summed E-state index contributed by atoms with van der Waals surface area (Å²) in [5.41, 5.74) is 2.86. The van der Waals surface area contributed by atoms with Gasteiger partial charge in [-0.25, -0.2) is 0 Å². The SMILES string of the molecule is CC1(C)CC(=O)C2C(=Nc3ccccc3N(C(=O)Cc3ccc(Cl)cc3)C2c2ccco2)C1. The lowest BCUT2D eigenvalue weighted by molar-refractivity contribution is -0.125. The van der Waals surface area contributed by atoms with Gasteiger partial charge in [-0.1, -0.05) is 49.7 Å². The molecule has 3 aromatic rings. The van der Waals surface area contributed by atoms with Crippen LogP contribution in [-0.4, -0.2) is 17.4 Å². The summed E-state index contributed by atoms with van der Waals surface area (Å²) in [6, 6.07) is 17.9. The van der Waals surface area contributed by atoms with Gasteiger partial charge in [-0.15, -0.1) is 0 Å². The maximum atomic E-state index is 13.9. The van der Waals surface area contributed by atoms with Gasteiger partial charge in [-0.05, 0) is 53.8 Å². The Morgan fingerprint density at radius 1 is 1.09 bits per heavy atom. The van der Waals surface area contributed by atoms with E-state index in [2.05, 4.69) is 13.8 Å². The number of Topliss-reactive ketones (excluding diaryl/α,β-unsaturated/α-hetero) is 1. The Morgan fingerprint density at radius 2 is 1.85 bits per heavy atom. The summed E-state index contributed by atoms with van der Waals surface area (Å²) in [5.74, 6) is -0.00332. The van der Waals surface area contributed by atoms with Crippen LogP contribution in [0.1, 0.15) is 44.1 Å². The van der Waals surface area contributed by atoms with Gasteiger partial charge in [0.25, 0.3) is 0 Å². The van der Waals surface area contributed by atoms with Crippen molar-refractivity contribution in [2.75, 3.05) is 4.90 Å². The predicted octanol–water partition coefficient (Wildman–Crippen LogP) is 6.34. The van der Waals surface area contributed by atoms with Crippen LogP contribution in [0.4, 0.5) is 11.4 Å². The van der Waals surface area contributed by atoms with Crippen LogP contribution in [0.15, 0.2) is 76.3 Å². The maximum absolute atomic E-state index is 13.9. The lowest BCUT2D eigenvalue weighted by Gasteiger charge is -2.39. The number of hydrogen-bond donors (Lipinski definition) is 0. The van der Waals surface area contributed by atoms with Crippen LogP contribution in [0.25, 0.3) is 0 Å². The number of fused-ring (bicyclic) bond motifs is 2. The fourth-order valence-corrected chi connectivity index (χ4v) is 5.14. The highest BCUT2D eigenvalue weighted by Gasteiger charge is 2.48. The number of carbonyl (C=O) groups is 2. The molecule has 0 saturated heterocycles. The Morgan fingerprint density at radius 3 is 2.58 bits per heavy atom. The number of carbonyl (C=O) groups excluding carboxylic acids is 2. The van der Waals surface area contributed by atoms with E-state index in [1.807, 2.05) is 42.5 Å². The van der Waals surface area contributed by atoms with Crippen LogP contribution in [0.2, 0.25) is 5.02 Å². The monoisotopic (exact) mass is 460 g/mol. The Kier molecular flexibility index (Phi) is 5.45. The van der Waals surface area contributed by atoms with E-state index in [9.17, 15) is 9.59 Å². The van der Waals surface area contributed by atoms with Crippen LogP contribution >= 0.6 is 11.6 Å². The van der Waals surface area contributed by atoms with E-state index in [1.165, 1.54) is 0 Å². The Balaban J connectivity index is 1.66. The molecule has 1 fully saturated rings. The average Bonchev–Trinajstić information content (AvgIpc) is 3.24. The van der Waals surface area contributed by atoms with Gasteiger partial charge in [-0.3, -0.25) is 19.5 Å². The quantitative estimate of drug-likeness (QED) is 0.458. The van der Waals surface area contributed by atoms with Crippen molar-refractivity contribution in [2.45, 2.75) is 39.2 Å². The van der Waals surface area contributed by atoms with E-state index in [-0.39, 0.29) is 23.5 Å². The Bertz CT molecular complexity index is 1230. The maximum Gasteiger partial charge on any atom is 0.232 e. The first kappa shape index (κ1) is 21.7. The molecule has 5 rings (SSSR count). The minimum absolute atomic E-state index is 0.0866. The molecule has 2 heterocycles. The number of aliphatic imine (C=N–C) groups is 1. The zero-order valence-corrected chi connectivity index (χ0v) is 19.4. The second kappa shape index (κ2) is 8.31. The topological polar surface area (TPSA) is 62.9 Å². The Labute approximate surface area is 198 Å². The third kappa shape index (κ3) is 4.13. The van der Waals surface area contributed by atoms with Crippen molar-refractivity contribution >= 4 is 40.4 Å². The van der Waals surface area contributed by atoms with Crippen molar-refractivity contribution in [1.29, 1.82) is 0 Å². The molecular weight excluding hydrogens is 436 g/mol. The molecule has 0 radical (unpaired) electrons. The van der Waals surface area contributed by atoms with Gasteiger partial charge >= 0.3 is 0 Å². The third-order valence-corrected chi connectivity index (χ3v) is 6.64. The molecule has 1 saturated carbocycles. The van der Waals surface area contributed by atoms with Crippen molar-refractivity contribution < 1.29 is 14.0 Å². The third-order valence-electron chi connectivity index (χ3n) is 6.39. The van der Waals surface area contributed by atoms with E-state index in [1.54, 1.807) is 29.4 Å². The molecule has 0 bridgehead atoms. The fourth-order valence-electron chi connectivity index (χ4n) is 5.02. The molecular formula is C27H25ClN2O3. The molecule has 2 aromatic carbocycles. The second-order valence-electron chi connectivity index (χ2n) is 9.58. The molecule has 1 aliphatic heterocycles. The van der Waals surface area contributed by atoms with Crippen molar-refractivity contribution in [3.63, 3.8) is 0 Å². The van der Waals surface area contributed by atoms with E-state index in [0.29, 0.717) is 35.0 Å². The van der Waals surface area contributed by atoms with Crippen LogP contribution in [0.5, 0.6) is 0 Å². The molecule has 1 aliphatic carbocycles. The summed E-state index contributed by atoms with van der Waals surface area (Å²) in [6.45, 7) is 4.18. The highest BCUT2D eigenvalue weighted by Crippen LogP contribution is 2.48. The summed E-state index contributed by atoms with van der Waals surface area (Å²) in [4.78, 5) is 34.1. The van der Waals surface area contributed by atoms with Gasteiger partial charge in [0, 0.05) is 17.2 Å². The molecule has 1 amide bonds. The number of halogens is 1. The minimum Gasteiger partial charge on any atom is -0.467 e. The molecule has 2 atom stereocenters. The number of anilines is 1. The molecule has 6 heteroatoms. The van der Waals surface area contributed by atoms with E-state index in [4.69, 9.17) is 21.0 Å².